The number of nitrogens with zero attached hydrogens (tertiary/aromatic N) is 3. The van der Waals surface area contributed by atoms with E-state index in [1.54, 1.807) is 11.3 Å². The van der Waals surface area contributed by atoms with Crippen molar-refractivity contribution in [3.8, 4) is 5.88 Å². The first kappa shape index (κ1) is 20.6. The Hall–Kier alpha value is -2.15. The summed E-state index contributed by atoms with van der Waals surface area (Å²) in [4.78, 5) is 14.7. The monoisotopic (exact) mass is 401 g/mol. The zero-order chi connectivity index (χ0) is 19.6. The first-order chi connectivity index (χ1) is 13.7. The maximum absolute atomic E-state index is 6.07. The van der Waals surface area contributed by atoms with E-state index in [1.807, 2.05) is 24.5 Å². The second-order valence-corrected chi connectivity index (χ2v) is 8.44. The fourth-order valence-electron chi connectivity index (χ4n) is 3.28. The smallest absolute Gasteiger partial charge is 0.213 e. The molecule has 6 nitrogen and oxygen atoms in total. The quantitative estimate of drug-likeness (QED) is 0.519. The lowest BCUT2D eigenvalue weighted by molar-refractivity contribution is 0.148. The number of pyridine rings is 1. The molecular formula is C21H31N5OS. The lowest BCUT2D eigenvalue weighted by Gasteiger charge is -2.22. The second kappa shape index (κ2) is 11.0. The van der Waals surface area contributed by atoms with Gasteiger partial charge in [0.15, 0.2) is 5.96 Å². The van der Waals surface area contributed by atoms with Gasteiger partial charge in [0, 0.05) is 42.8 Å². The maximum atomic E-state index is 6.07. The number of aromatic nitrogens is 2. The molecule has 7 heteroatoms. The molecule has 0 aromatic carbocycles. The minimum atomic E-state index is 0.313. The number of ether oxygens (including phenoxy) is 1. The molecule has 2 aromatic rings. The maximum Gasteiger partial charge on any atom is 0.213 e. The molecule has 0 atom stereocenters. The van der Waals surface area contributed by atoms with Crippen LogP contribution in [0.4, 0.5) is 0 Å². The summed E-state index contributed by atoms with van der Waals surface area (Å²) in [6.45, 7) is 6.39. The van der Waals surface area contributed by atoms with Crippen molar-refractivity contribution >= 4 is 17.3 Å². The fraction of sp³-hybridized carbons (Fsp3) is 0.571. The lowest BCUT2D eigenvalue weighted by atomic mass is 9.98. The molecular weight excluding hydrogens is 370 g/mol. The molecule has 2 N–H and O–H groups in total. The van der Waals surface area contributed by atoms with E-state index in [1.165, 1.54) is 24.1 Å². The van der Waals surface area contributed by atoms with Crippen molar-refractivity contribution in [3.05, 3.63) is 40.0 Å². The molecule has 1 aliphatic rings. The van der Waals surface area contributed by atoms with E-state index in [-0.39, 0.29) is 0 Å². The third-order valence-corrected chi connectivity index (χ3v) is 5.68. The van der Waals surface area contributed by atoms with Crippen molar-refractivity contribution in [3.63, 3.8) is 0 Å². The van der Waals surface area contributed by atoms with Crippen LogP contribution in [0.25, 0.3) is 0 Å². The highest BCUT2D eigenvalue weighted by molar-refractivity contribution is 7.11. The third-order valence-electron chi connectivity index (χ3n) is 4.70. The van der Waals surface area contributed by atoms with Crippen LogP contribution in [0, 0.1) is 6.92 Å². The molecule has 152 valence electrons. The molecule has 0 bridgehead atoms. The first-order valence-electron chi connectivity index (χ1n) is 10.3. The number of nitrogens with one attached hydrogen (secondary N) is 2. The van der Waals surface area contributed by atoms with Crippen LogP contribution in [0.5, 0.6) is 5.88 Å². The molecule has 0 amide bonds. The van der Waals surface area contributed by atoms with Crippen molar-refractivity contribution in [1.82, 2.24) is 20.6 Å². The Kier molecular flexibility index (Phi) is 8.08. The van der Waals surface area contributed by atoms with Gasteiger partial charge in [-0.25, -0.2) is 15.0 Å². The highest BCUT2D eigenvalue weighted by Gasteiger charge is 2.15. The van der Waals surface area contributed by atoms with Gasteiger partial charge in [0.1, 0.15) is 6.10 Å². The summed E-state index contributed by atoms with van der Waals surface area (Å²) < 4.78 is 6.07. The van der Waals surface area contributed by atoms with Crippen LogP contribution in [-0.4, -0.2) is 35.1 Å². The van der Waals surface area contributed by atoms with E-state index in [4.69, 9.17) is 9.73 Å². The van der Waals surface area contributed by atoms with E-state index in [2.05, 4.69) is 34.4 Å². The molecule has 0 saturated heterocycles. The molecule has 1 saturated carbocycles. The van der Waals surface area contributed by atoms with Crippen molar-refractivity contribution in [2.24, 2.45) is 4.99 Å². The van der Waals surface area contributed by atoms with Gasteiger partial charge in [-0.2, -0.15) is 0 Å². The average Bonchev–Trinajstić information content (AvgIpc) is 3.12. The van der Waals surface area contributed by atoms with E-state index in [0.717, 1.165) is 54.8 Å². The van der Waals surface area contributed by atoms with E-state index >= 15 is 0 Å². The van der Waals surface area contributed by atoms with Crippen LogP contribution in [0.15, 0.2) is 29.5 Å². The Bertz CT molecular complexity index is 755. The Morgan fingerprint density at radius 3 is 2.86 bits per heavy atom. The number of hydrogen-bond donors (Lipinski definition) is 2. The van der Waals surface area contributed by atoms with Gasteiger partial charge in [0.25, 0.3) is 0 Å². The number of aryl methyl sites for hydroxylation is 1. The van der Waals surface area contributed by atoms with Gasteiger partial charge < -0.3 is 15.4 Å². The van der Waals surface area contributed by atoms with Crippen LogP contribution >= 0.6 is 11.3 Å². The van der Waals surface area contributed by atoms with Gasteiger partial charge in [-0.3, -0.25) is 0 Å². The predicted octanol–water partition coefficient (Wildman–Crippen LogP) is 3.86. The predicted molar refractivity (Wildman–Crippen MR) is 115 cm³/mol. The van der Waals surface area contributed by atoms with E-state index in [0.29, 0.717) is 12.6 Å². The minimum Gasteiger partial charge on any atom is -0.474 e. The normalized spacial score (nSPS) is 15.4. The highest BCUT2D eigenvalue weighted by Crippen LogP contribution is 2.22. The molecule has 0 unspecified atom stereocenters. The summed E-state index contributed by atoms with van der Waals surface area (Å²) in [6, 6.07) is 4.01. The SMILES string of the molecule is CCNC(=NCc1ccnc(OC2CCCCC2)c1)NCCc1ncc(C)s1. The largest absolute Gasteiger partial charge is 0.474 e. The van der Waals surface area contributed by atoms with Gasteiger partial charge in [0.2, 0.25) is 5.88 Å². The van der Waals surface area contributed by atoms with Crippen LogP contribution in [-0.2, 0) is 13.0 Å². The number of rotatable bonds is 8. The minimum absolute atomic E-state index is 0.313. The van der Waals surface area contributed by atoms with E-state index < -0.39 is 0 Å². The number of hydrogen-bond acceptors (Lipinski definition) is 5. The number of guanidine groups is 1. The molecule has 28 heavy (non-hydrogen) atoms. The Labute approximate surface area is 171 Å². The molecule has 1 fully saturated rings. The van der Waals surface area contributed by atoms with Gasteiger partial charge in [0.05, 0.1) is 11.6 Å². The molecule has 0 spiro atoms. The van der Waals surface area contributed by atoms with Crippen molar-refractivity contribution < 1.29 is 4.74 Å². The van der Waals surface area contributed by atoms with Crippen LogP contribution in [0.1, 0.15) is 54.5 Å². The summed E-state index contributed by atoms with van der Waals surface area (Å²) in [5.41, 5.74) is 1.11. The topological polar surface area (TPSA) is 71.4 Å². The number of thiazole rings is 1. The van der Waals surface area contributed by atoms with Crippen LogP contribution in [0.3, 0.4) is 0 Å². The number of aliphatic imine (C=N–C) groups is 1. The zero-order valence-corrected chi connectivity index (χ0v) is 17.7. The van der Waals surface area contributed by atoms with Gasteiger partial charge >= 0.3 is 0 Å². The van der Waals surface area contributed by atoms with Gasteiger partial charge in [-0.15, -0.1) is 11.3 Å². The summed E-state index contributed by atoms with van der Waals surface area (Å²) in [7, 11) is 0. The second-order valence-electron chi connectivity index (χ2n) is 7.12. The standard InChI is InChI=1S/C21H31N5OS/c1-3-22-21(24-12-10-20-25-14-16(2)28-20)26-15-17-9-11-23-19(13-17)27-18-7-5-4-6-8-18/h9,11,13-14,18H,3-8,10,12,15H2,1-2H3,(H2,22,24,26). The van der Waals surface area contributed by atoms with Crippen LogP contribution in [0.2, 0.25) is 0 Å². The van der Waals surface area contributed by atoms with Crippen molar-refractivity contribution in [1.29, 1.82) is 0 Å². The van der Waals surface area contributed by atoms with Crippen molar-refractivity contribution in [2.75, 3.05) is 13.1 Å². The summed E-state index contributed by atoms with van der Waals surface area (Å²) in [5, 5.41) is 7.84. The molecule has 2 heterocycles. The molecule has 2 aromatic heterocycles. The van der Waals surface area contributed by atoms with Gasteiger partial charge in [-0.05, 0) is 51.2 Å². The van der Waals surface area contributed by atoms with Crippen LogP contribution < -0.4 is 15.4 Å². The molecule has 3 rings (SSSR count). The average molecular weight is 402 g/mol. The Balaban J connectivity index is 1.52. The Morgan fingerprint density at radius 1 is 1.25 bits per heavy atom. The highest BCUT2D eigenvalue weighted by atomic mass is 32.1. The summed E-state index contributed by atoms with van der Waals surface area (Å²) in [5.74, 6) is 1.54. The van der Waals surface area contributed by atoms with Gasteiger partial charge in [-0.1, -0.05) is 6.42 Å². The van der Waals surface area contributed by atoms with E-state index in [9.17, 15) is 0 Å². The first-order valence-corrected chi connectivity index (χ1v) is 11.1. The fourth-order valence-corrected chi connectivity index (χ4v) is 4.07. The summed E-state index contributed by atoms with van der Waals surface area (Å²) >= 11 is 1.75. The molecule has 1 aliphatic carbocycles. The lowest BCUT2D eigenvalue weighted by Crippen LogP contribution is -2.38. The molecule has 0 aliphatic heterocycles. The summed E-state index contributed by atoms with van der Waals surface area (Å²) in [6.07, 6.45) is 11.1. The van der Waals surface area contributed by atoms with Crippen molar-refractivity contribution in [2.45, 2.75) is 65.0 Å². The molecule has 0 radical (unpaired) electrons. The third kappa shape index (κ3) is 6.78. The zero-order valence-electron chi connectivity index (χ0n) is 16.9. The Morgan fingerprint density at radius 2 is 2.11 bits per heavy atom.